The molecule has 0 fully saturated rings. The number of nitrogens with one attached hydrogen (secondary N) is 2. The van der Waals surface area contributed by atoms with Gasteiger partial charge in [-0.25, -0.2) is 4.79 Å². The SMILES string of the molecule is COC(=O)c1c(NC(=O)CC2Sc3ccc(OC)cc3NC2=O)sc(C)c1C. The Hall–Kier alpha value is -2.52. The van der Waals surface area contributed by atoms with Gasteiger partial charge in [-0.1, -0.05) is 0 Å². The first-order chi connectivity index (χ1) is 13.3. The second-order valence-electron chi connectivity index (χ2n) is 6.19. The van der Waals surface area contributed by atoms with E-state index in [1.165, 1.54) is 30.2 Å². The first-order valence-corrected chi connectivity index (χ1v) is 10.2. The van der Waals surface area contributed by atoms with Crippen LogP contribution in [0.15, 0.2) is 23.1 Å². The predicted molar refractivity (Wildman–Crippen MR) is 110 cm³/mol. The van der Waals surface area contributed by atoms with E-state index in [0.29, 0.717) is 22.0 Å². The van der Waals surface area contributed by atoms with Gasteiger partial charge in [0, 0.05) is 22.3 Å². The monoisotopic (exact) mass is 420 g/mol. The molecule has 28 heavy (non-hydrogen) atoms. The second kappa shape index (κ2) is 8.24. The Morgan fingerprint density at radius 3 is 2.68 bits per heavy atom. The number of ether oxygens (including phenoxy) is 2. The molecule has 0 bridgehead atoms. The van der Waals surface area contributed by atoms with E-state index in [4.69, 9.17) is 9.47 Å². The van der Waals surface area contributed by atoms with Gasteiger partial charge in [-0.2, -0.15) is 0 Å². The Morgan fingerprint density at radius 2 is 2.00 bits per heavy atom. The van der Waals surface area contributed by atoms with Crippen LogP contribution >= 0.6 is 23.1 Å². The van der Waals surface area contributed by atoms with Gasteiger partial charge in [0.15, 0.2) is 0 Å². The zero-order valence-electron chi connectivity index (χ0n) is 15.9. The van der Waals surface area contributed by atoms with Crippen molar-refractivity contribution in [1.82, 2.24) is 0 Å². The number of thioether (sulfide) groups is 1. The molecular weight excluding hydrogens is 400 g/mol. The highest BCUT2D eigenvalue weighted by atomic mass is 32.2. The highest BCUT2D eigenvalue weighted by Crippen LogP contribution is 2.39. The summed E-state index contributed by atoms with van der Waals surface area (Å²) in [5.41, 5.74) is 1.81. The minimum absolute atomic E-state index is 0.0153. The van der Waals surface area contributed by atoms with Crippen molar-refractivity contribution >= 4 is 51.6 Å². The number of carbonyl (C=O) groups is 3. The fourth-order valence-electron chi connectivity index (χ4n) is 2.80. The highest BCUT2D eigenvalue weighted by Gasteiger charge is 2.30. The van der Waals surface area contributed by atoms with Crippen molar-refractivity contribution in [3.63, 3.8) is 0 Å². The second-order valence-corrected chi connectivity index (χ2v) is 8.66. The Labute approximate surface area is 170 Å². The predicted octanol–water partition coefficient (Wildman–Crippen LogP) is 3.60. The van der Waals surface area contributed by atoms with E-state index >= 15 is 0 Å². The average Bonchev–Trinajstić information content (AvgIpc) is 2.94. The Balaban J connectivity index is 1.73. The minimum atomic E-state index is -0.565. The molecular formula is C19H20N2O5S2. The van der Waals surface area contributed by atoms with Crippen molar-refractivity contribution in [2.24, 2.45) is 0 Å². The number of aryl methyl sites for hydroxylation is 1. The standard InChI is InChI=1S/C19H20N2O5S2/c1-9-10(2)27-18(16(9)19(24)26-4)21-15(22)8-14-17(23)20-12-7-11(25-3)5-6-13(12)28-14/h5-7,14H,8H2,1-4H3,(H,20,23)(H,21,22). The summed E-state index contributed by atoms with van der Waals surface area (Å²) in [7, 11) is 2.86. The normalized spacial score (nSPS) is 15.4. The number of methoxy groups -OCH3 is 2. The van der Waals surface area contributed by atoms with Crippen LogP contribution < -0.4 is 15.4 Å². The molecule has 0 aliphatic carbocycles. The molecule has 1 atom stereocenters. The maximum Gasteiger partial charge on any atom is 0.341 e. The van der Waals surface area contributed by atoms with Crippen LogP contribution in [0.4, 0.5) is 10.7 Å². The fraction of sp³-hybridized carbons (Fsp3) is 0.316. The highest BCUT2D eigenvalue weighted by molar-refractivity contribution is 8.01. The number of esters is 1. The van der Waals surface area contributed by atoms with Crippen molar-refractivity contribution < 1.29 is 23.9 Å². The number of amides is 2. The smallest absolute Gasteiger partial charge is 0.341 e. The third-order valence-electron chi connectivity index (χ3n) is 4.40. The summed E-state index contributed by atoms with van der Waals surface area (Å²) in [5, 5.41) is 5.46. The van der Waals surface area contributed by atoms with Gasteiger partial charge in [-0.3, -0.25) is 9.59 Å². The molecule has 1 aliphatic rings. The molecule has 2 N–H and O–H groups in total. The summed E-state index contributed by atoms with van der Waals surface area (Å²) >= 11 is 2.64. The lowest BCUT2D eigenvalue weighted by Gasteiger charge is -2.24. The van der Waals surface area contributed by atoms with Crippen LogP contribution in [-0.4, -0.2) is 37.3 Å². The number of hydrogen-bond acceptors (Lipinski definition) is 7. The number of hydrogen-bond donors (Lipinski definition) is 2. The maximum absolute atomic E-state index is 12.6. The first-order valence-electron chi connectivity index (χ1n) is 8.47. The molecule has 2 amide bonds. The molecule has 7 nitrogen and oxygen atoms in total. The summed E-state index contributed by atoms with van der Waals surface area (Å²) in [5.74, 6) is -0.428. The van der Waals surface area contributed by atoms with E-state index in [1.54, 1.807) is 19.2 Å². The third-order valence-corrected chi connectivity index (χ3v) is 6.80. The molecule has 0 spiro atoms. The molecule has 1 aliphatic heterocycles. The van der Waals surface area contributed by atoms with Gasteiger partial charge < -0.3 is 20.1 Å². The van der Waals surface area contributed by atoms with E-state index in [0.717, 1.165) is 15.3 Å². The van der Waals surface area contributed by atoms with Gasteiger partial charge in [0.05, 0.1) is 30.7 Å². The average molecular weight is 421 g/mol. The van der Waals surface area contributed by atoms with Crippen LogP contribution in [0.1, 0.15) is 27.2 Å². The summed E-state index contributed by atoms with van der Waals surface area (Å²) in [6, 6.07) is 5.40. The number of rotatable bonds is 5. The largest absolute Gasteiger partial charge is 0.497 e. The maximum atomic E-state index is 12.6. The zero-order valence-corrected chi connectivity index (χ0v) is 17.5. The van der Waals surface area contributed by atoms with Crippen molar-refractivity contribution in [2.45, 2.75) is 30.4 Å². The van der Waals surface area contributed by atoms with Gasteiger partial charge in [-0.15, -0.1) is 23.1 Å². The number of fused-ring (bicyclic) bond motifs is 1. The quantitative estimate of drug-likeness (QED) is 0.718. The Morgan fingerprint density at radius 1 is 1.25 bits per heavy atom. The van der Waals surface area contributed by atoms with Crippen LogP contribution in [0.2, 0.25) is 0 Å². The lowest BCUT2D eigenvalue weighted by atomic mass is 10.1. The van der Waals surface area contributed by atoms with Crippen molar-refractivity contribution in [3.05, 3.63) is 34.2 Å². The van der Waals surface area contributed by atoms with E-state index in [2.05, 4.69) is 10.6 Å². The minimum Gasteiger partial charge on any atom is -0.497 e. The third kappa shape index (κ3) is 4.00. The molecule has 148 valence electrons. The number of thiophene rings is 1. The van der Waals surface area contributed by atoms with Gasteiger partial charge in [-0.05, 0) is 31.5 Å². The van der Waals surface area contributed by atoms with Crippen molar-refractivity contribution in [2.75, 3.05) is 24.9 Å². The van der Waals surface area contributed by atoms with Gasteiger partial charge in [0.2, 0.25) is 11.8 Å². The molecule has 3 rings (SSSR count). The van der Waals surface area contributed by atoms with Crippen molar-refractivity contribution in [3.8, 4) is 5.75 Å². The number of anilines is 2. The summed E-state index contributed by atoms with van der Waals surface area (Å²) in [4.78, 5) is 38.8. The van der Waals surface area contributed by atoms with E-state index in [1.807, 2.05) is 19.9 Å². The lowest BCUT2D eigenvalue weighted by Crippen LogP contribution is -2.32. The van der Waals surface area contributed by atoms with Crippen LogP contribution in [0.3, 0.4) is 0 Å². The molecule has 0 saturated carbocycles. The Bertz CT molecular complexity index is 954. The van der Waals surface area contributed by atoms with Gasteiger partial charge in [0.1, 0.15) is 10.8 Å². The summed E-state index contributed by atoms with van der Waals surface area (Å²) in [6.45, 7) is 3.68. The zero-order chi connectivity index (χ0) is 20.4. The lowest BCUT2D eigenvalue weighted by molar-refractivity contribution is -0.120. The number of benzene rings is 1. The van der Waals surface area contributed by atoms with Gasteiger partial charge in [0.25, 0.3) is 0 Å². The van der Waals surface area contributed by atoms with Crippen LogP contribution in [0.25, 0.3) is 0 Å². The van der Waals surface area contributed by atoms with E-state index in [9.17, 15) is 14.4 Å². The van der Waals surface area contributed by atoms with E-state index < -0.39 is 11.2 Å². The molecule has 1 aromatic heterocycles. The molecule has 1 unspecified atom stereocenters. The molecule has 0 radical (unpaired) electrons. The fourth-order valence-corrected chi connectivity index (χ4v) is 4.96. The molecule has 1 aromatic carbocycles. The molecule has 0 saturated heterocycles. The van der Waals surface area contributed by atoms with Crippen LogP contribution in [0.5, 0.6) is 5.75 Å². The van der Waals surface area contributed by atoms with Crippen LogP contribution in [0, 0.1) is 13.8 Å². The summed E-state index contributed by atoms with van der Waals surface area (Å²) in [6.07, 6.45) is -0.0153. The number of carbonyl (C=O) groups excluding carboxylic acids is 3. The molecule has 2 heterocycles. The first kappa shape index (κ1) is 20.2. The van der Waals surface area contributed by atoms with E-state index in [-0.39, 0.29) is 18.2 Å². The van der Waals surface area contributed by atoms with Crippen LogP contribution in [-0.2, 0) is 14.3 Å². The Kier molecular flexibility index (Phi) is 5.95. The molecule has 2 aromatic rings. The van der Waals surface area contributed by atoms with Gasteiger partial charge >= 0.3 is 5.97 Å². The molecule has 9 heteroatoms. The topological polar surface area (TPSA) is 93.7 Å². The van der Waals surface area contributed by atoms with Crippen molar-refractivity contribution in [1.29, 1.82) is 0 Å². The summed E-state index contributed by atoms with van der Waals surface area (Å²) < 4.78 is 9.98.